The number of aryl methyl sites for hydroxylation is 4. The predicted octanol–water partition coefficient (Wildman–Crippen LogP) is 16.2. The lowest BCUT2D eigenvalue weighted by Gasteiger charge is -2.13. The molecule has 0 aromatic heterocycles. The number of hydrogen-bond acceptors (Lipinski definition) is 2. The van der Waals surface area contributed by atoms with Gasteiger partial charge in [-0.25, -0.2) is 0 Å². The molecule has 322 valence electrons. The molecule has 0 aliphatic rings. The van der Waals surface area contributed by atoms with E-state index in [4.69, 9.17) is 9.47 Å². The average Bonchev–Trinajstić information content (AvgIpc) is 3.36. The summed E-state index contributed by atoms with van der Waals surface area (Å²) in [6.45, 7) is 11.6. The van der Waals surface area contributed by atoms with E-state index in [0.717, 1.165) is 41.0 Å². The lowest BCUT2D eigenvalue weighted by Crippen LogP contribution is -2.09. The summed E-state index contributed by atoms with van der Waals surface area (Å²) in [5.74, 6) is 1.64. The molecule has 0 spiro atoms. The third-order valence-electron chi connectivity index (χ3n) is 12.1. The Balaban J connectivity index is 0.932. The van der Waals surface area contributed by atoms with Gasteiger partial charge < -0.3 is 9.47 Å². The standard InChI is InChI=1S/C63H58O2/c1-6-47-13-29-56(30-14-47)63(57-31-15-48(7-2)16-32-57)44-50-19-27-52(28-20-50)51-25-17-49(18-26-51)43-62(55-23-11-46(5)12-24-55)58-35-39-60(40-36-58)65-42-41-64-59-37-33-54(34-38-59)61(8-3)53-21-9-45(4)10-22-53/h8-40,43-44H,6-7,41-42H2,1-5H3/b61-8+,62-43-. The molecule has 0 heterocycles. The van der Waals surface area contributed by atoms with Gasteiger partial charge >= 0.3 is 0 Å². The smallest absolute Gasteiger partial charge is 0.122 e. The Kier molecular flexibility index (Phi) is 14.5. The molecule has 0 fully saturated rings. The molecule has 0 amide bonds. The third kappa shape index (κ3) is 11.4. The van der Waals surface area contributed by atoms with Crippen molar-refractivity contribution >= 4 is 28.9 Å². The Labute approximate surface area is 386 Å². The second-order valence-corrected chi connectivity index (χ2v) is 16.6. The van der Waals surface area contributed by atoms with Crippen LogP contribution in [0, 0.1) is 13.8 Å². The van der Waals surface area contributed by atoms with Gasteiger partial charge in [-0.2, -0.15) is 0 Å². The van der Waals surface area contributed by atoms with Crippen molar-refractivity contribution in [3.8, 4) is 22.6 Å². The number of benzene rings is 8. The zero-order chi connectivity index (χ0) is 45.0. The molecule has 0 saturated heterocycles. The van der Waals surface area contributed by atoms with E-state index in [0.29, 0.717) is 13.2 Å². The molecule has 0 atom stereocenters. The van der Waals surface area contributed by atoms with E-state index >= 15 is 0 Å². The number of allylic oxidation sites excluding steroid dienone is 1. The Morgan fingerprint density at radius 1 is 0.354 bits per heavy atom. The van der Waals surface area contributed by atoms with Crippen LogP contribution in [0.1, 0.15) is 87.5 Å². The molecule has 0 bridgehead atoms. The van der Waals surface area contributed by atoms with E-state index < -0.39 is 0 Å². The first-order chi connectivity index (χ1) is 31.8. The second kappa shape index (κ2) is 21.3. The van der Waals surface area contributed by atoms with Crippen molar-refractivity contribution in [2.45, 2.75) is 47.5 Å². The molecule has 0 radical (unpaired) electrons. The minimum absolute atomic E-state index is 0.444. The van der Waals surface area contributed by atoms with Crippen LogP contribution < -0.4 is 9.47 Å². The van der Waals surface area contributed by atoms with Gasteiger partial charge in [0.25, 0.3) is 0 Å². The van der Waals surface area contributed by atoms with E-state index in [1.54, 1.807) is 0 Å². The zero-order valence-electron chi connectivity index (χ0n) is 38.4. The van der Waals surface area contributed by atoms with Crippen molar-refractivity contribution in [3.63, 3.8) is 0 Å². The fourth-order valence-electron chi connectivity index (χ4n) is 8.13. The highest BCUT2D eigenvalue weighted by atomic mass is 16.5. The van der Waals surface area contributed by atoms with Crippen LogP contribution in [0.25, 0.3) is 40.0 Å². The van der Waals surface area contributed by atoms with Crippen LogP contribution in [-0.4, -0.2) is 13.2 Å². The van der Waals surface area contributed by atoms with E-state index in [9.17, 15) is 0 Å². The van der Waals surface area contributed by atoms with Gasteiger partial charge in [0.15, 0.2) is 0 Å². The molecule has 0 saturated carbocycles. The minimum Gasteiger partial charge on any atom is -0.490 e. The van der Waals surface area contributed by atoms with Crippen LogP contribution in [0.3, 0.4) is 0 Å². The van der Waals surface area contributed by atoms with Crippen LogP contribution in [0.15, 0.2) is 200 Å². The molecule has 8 rings (SSSR count). The fourth-order valence-corrected chi connectivity index (χ4v) is 8.13. The lowest BCUT2D eigenvalue weighted by molar-refractivity contribution is 0.217. The largest absolute Gasteiger partial charge is 0.490 e. The SMILES string of the molecule is C/C=C(\c1ccc(C)cc1)c1ccc(OCCOc2ccc(/C(=C\c3ccc(-c4ccc(C=C(c5ccc(CC)cc5)c5ccc(CC)cc5)cc4)cc3)c3ccc(C)cc3)cc2)cc1. The number of rotatable bonds is 16. The highest BCUT2D eigenvalue weighted by Gasteiger charge is 2.10. The Bertz CT molecular complexity index is 2810. The Morgan fingerprint density at radius 2 is 0.646 bits per heavy atom. The van der Waals surface area contributed by atoms with Crippen molar-refractivity contribution in [2.24, 2.45) is 0 Å². The van der Waals surface area contributed by atoms with Gasteiger partial charge in [0, 0.05) is 0 Å². The highest BCUT2D eigenvalue weighted by molar-refractivity contribution is 5.93. The number of hydrogen-bond donors (Lipinski definition) is 0. The normalized spacial score (nSPS) is 11.6. The summed E-state index contributed by atoms with van der Waals surface area (Å²) >= 11 is 0. The van der Waals surface area contributed by atoms with Crippen LogP contribution in [0.4, 0.5) is 0 Å². The van der Waals surface area contributed by atoms with Gasteiger partial charge in [0.1, 0.15) is 24.7 Å². The monoisotopic (exact) mass is 846 g/mol. The van der Waals surface area contributed by atoms with Crippen molar-refractivity contribution in [1.82, 2.24) is 0 Å². The highest BCUT2D eigenvalue weighted by Crippen LogP contribution is 2.32. The molecule has 8 aromatic carbocycles. The van der Waals surface area contributed by atoms with Crippen LogP contribution in [-0.2, 0) is 12.8 Å². The predicted molar refractivity (Wildman–Crippen MR) is 276 cm³/mol. The molecule has 0 aliphatic heterocycles. The maximum Gasteiger partial charge on any atom is 0.122 e. The topological polar surface area (TPSA) is 18.5 Å². The first kappa shape index (κ1) is 44.2. The Morgan fingerprint density at radius 3 is 0.954 bits per heavy atom. The summed E-state index contributed by atoms with van der Waals surface area (Å²) in [5.41, 5.74) is 20.6. The fraction of sp³-hybridized carbons (Fsp3) is 0.143. The van der Waals surface area contributed by atoms with Crippen LogP contribution >= 0.6 is 0 Å². The van der Waals surface area contributed by atoms with E-state index in [2.05, 4.69) is 223 Å². The molecule has 0 unspecified atom stereocenters. The first-order valence-corrected chi connectivity index (χ1v) is 22.9. The summed E-state index contributed by atoms with van der Waals surface area (Å²) in [5, 5.41) is 0. The van der Waals surface area contributed by atoms with Crippen molar-refractivity contribution in [3.05, 3.63) is 267 Å². The van der Waals surface area contributed by atoms with Gasteiger partial charge in [-0.05, 0) is 154 Å². The van der Waals surface area contributed by atoms with Gasteiger partial charge in [-0.3, -0.25) is 0 Å². The van der Waals surface area contributed by atoms with Crippen molar-refractivity contribution in [2.75, 3.05) is 13.2 Å². The lowest BCUT2D eigenvalue weighted by atomic mass is 9.93. The molecule has 2 heteroatoms. The zero-order valence-corrected chi connectivity index (χ0v) is 38.4. The van der Waals surface area contributed by atoms with Gasteiger partial charge in [0.05, 0.1) is 0 Å². The molecular formula is C63H58O2. The quantitative estimate of drug-likeness (QED) is 0.0712. The summed E-state index contributed by atoms with van der Waals surface area (Å²) < 4.78 is 12.2. The molecular weight excluding hydrogens is 789 g/mol. The summed E-state index contributed by atoms with van der Waals surface area (Å²) in [7, 11) is 0. The van der Waals surface area contributed by atoms with E-state index in [1.807, 2.05) is 24.3 Å². The maximum atomic E-state index is 6.13. The minimum atomic E-state index is 0.444. The van der Waals surface area contributed by atoms with Crippen molar-refractivity contribution < 1.29 is 9.47 Å². The van der Waals surface area contributed by atoms with Gasteiger partial charge in [-0.15, -0.1) is 0 Å². The van der Waals surface area contributed by atoms with E-state index in [1.165, 1.54) is 77.9 Å². The summed E-state index contributed by atoms with van der Waals surface area (Å²) in [4.78, 5) is 0. The summed E-state index contributed by atoms with van der Waals surface area (Å²) in [6, 6.07) is 69.8. The van der Waals surface area contributed by atoms with E-state index in [-0.39, 0.29) is 0 Å². The van der Waals surface area contributed by atoms with Gasteiger partial charge in [-0.1, -0.05) is 201 Å². The second-order valence-electron chi connectivity index (χ2n) is 16.6. The van der Waals surface area contributed by atoms with Crippen LogP contribution in [0.2, 0.25) is 0 Å². The molecule has 65 heavy (non-hydrogen) atoms. The number of ether oxygens (including phenoxy) is 2. The molecule has 0 N–H and O–H groups in total. The molecule has 0 aliphatic carbocycles. The van der Waals surface area contributed by atoms with Gasteiger partial charge in [0.2, 0.25) is 0 Å². The molecule has 8 aromatic rings. The van der Waals surface area contributed by atoms with Crippen LogP contribution in [0.5, 0.6) is 11.5 Å². The summed E-state index contributed by atoms with van der Waals surface area (Å²) in [6.07, 6.45) is 8.81. The third-order valence-corrected chi connectivity index (χ3v) is 12.1. The van der Waals surface area contributed by atoms with Crippen molar-refractivity contribution in [1.29, 1.82) is 0 Å². The average molecular weight is 847 g/mol. The Hall–Kier alpha value is -7.42. The molecule has 2 nitrogen and oxygen atoms in total. The maximum absolute atomic E-state index is 6.13. The first-order valence-electron chi connectivity index (χ1n) is 22.9.